The molecule has 3 rings (SSSR count). The molecule has 7 heteroatoms. The number of nitrogens with one attached hydrogen (secondary N) is 3. The Morgan fingerprint density at radius 2 is 1.70 bits per heavy atom. The number of hydrogen-bond donors (Lipinski definition) is 3. The van der Waals surface area contributed by atoms with Gasteiger partial charge in [-0.15, -0.1) is 0 Å². The van der Waals surface area contributed by atoms with E-state index in [2.05, 4.69) is 22.9 Å². The predicted octanol–water partition coefficient (Wildman–Crippen LogP) is 4.76. The van der Waals surface area contributed by atoms with E-state index in [-0.39, 0.29) is 24.1 Å². The normalized spacial score (nSPS) is 10.3. The average molecular weight is 407 g/mol. The summed E-state index contributed by atoms with van der Waals surface area (Å²) in [4.78, 5) is 24.3. The van der Waals surface area contributed by atoms with Crippen LogP contribution in [0.5, 0.6) is 5.75 Å². The van der Waals surface area contributed by atoms with E-state index in [1.807, 2.05) is 24.3 Å². The second kappa shape index (κ2) is 10.7. The van der Waals surface area contributed by atoms with E-state index in [1.54, 1.807) is 36.4 Å². The maximum Gasteiger partial charge on any atom is 0.291 e. The summed E-state index contributed by atoms with van der Waals surface area (Å²) < 4.78 is 10.7. The Morgan fingerprint density at radius 1 is 0.933 bits per heavy atom. The third-order valence-corrected chi connectivity index (χ3v) is 4.20. The van der Waals surface area contributed by atoms with Crippen molar-refractivity contribution in [2.75, 3.05) is 29.1 Å². The molecule has 0 fully saturated rings. The number of unbranched alkanes of at least 4 members (excludes halogenated alkanes) is 1. The summed E-state index contributed by atoms with van der Waals surface area (Å²) in [5.41, 5.74) is 1.98. The Labute approximate surface area is 175 Å². The van der Waals surface area contributed by atoms with E-state index in [1.165, 1.54) is 6.26 Å². The quantitative estimate of drug-likeness (QED) is 0.421. The maximum absolute atomic E-state index is 12.3. The van der Waals surface area contributed by atoms with Gasteiger partial charge in [0, 0.05) is 23.1 Å². The third kappa shape index (κ3) is 6.41. The van der Waals surface area contributed by atoms with Crippen molar-refractivity contribution in [3.05, 3.63) is 72.7 Å². The number of ether oxygens (including phenoxy) is 1. The molecule has 0 saturated heterocycles. The van der Waals surface area contributed by atoms with Crippen molar-refractivity contribution in [2.24, 2.45) is 0 Å². The van der Waals surface area contributed by atoms with Crippen molar-refractivity contribution >= 4 is 28.9 Å². The van der Waals surface area contributed by atoms with Gasteiger partial charge in [0.2, 0.25) is 5.91 Å². The van der Waals surface area contributed by atoms with Gasteiger partial charge >= 0.3 is 0 Å². The second-order valence-electron chi connectivity index (χ2n) is 6.64. The van der Waals surface area contributed by atoms with Gasteiger partial charge in [0.15, 0.2) is 5.76 Å². The highest BCUT2D eigenvalue weighted by Crippen LogP contribution is 2.18. The minimum atomic E-state index is -0.337. The fourth-order valence-corrected chi connectivity index (χ4v) is 2.69. The van der Waals surface area contributed by atoms with Crippen molar-refractivity contribution < 1.29 is 18.7 Å². The third-order valence-electron chi connectivity index (χ3n) is 4.20. The molecule has 1 heterocycles. The zero-order valence-electron chi connectivity index (χ0n) is 16.8. The SMILES string of the molecule is CCCCOc1cccc(NC(=O)CNc2cccc(NC(=O)c3ccco3)c2)c1. The Balaban J connectivity index is 1.50. The number of hydrogen-bond acceptors (Lipinski definition) is 5. The van der Waals surface area contributed by atoms with Gasteiger partial charge in [0.25, 0.3) is 5.91 Å². The molecule has 1 aromatic heterocycles. The van der Waals surface area contributed by atoms with E-state index >= 15 is 0 Å². The highest BCUT2D eigenvalue weighted by Gasteiger charge is 2.09. The first-order valence-corrected chi connectivity index (χ1v) is 9.85. The van der Waals surface area contributed by atoms with Crippen LogP contribution in [-0.4, -0.2) is 25.0 Å². The van der Waals surface area contributed by atoms with E-state index in [4.69, 9.17) is 9.15 Å². The Morgan fingerprint density at radius 3 is 2.47 bits per heavy atom. The summed E-state index contributed by atoms with van der Waals surface area (Å²) in [6, 6.07) is 17.7. The molecular formula is C23H25N3O4. The van der Waals surface area contributed by atoms with Gasteiger partial charge in [-0.1, -0.05) is 25.5 Å². The topological polar surface area (TPSA) is 92.6 Å². The summed E-state index contributed by atoms with van der Waals surface area (Å²) in [6.07, 6.45) is 3.50. The van der Waals surface area contributed by atoms with Crippen LogP contribution in [0.4, 0.5) is 17.1 Å². The second-order valence-corrected chi connectivity index (χ2v) is 6.64. The number of carbonyl (C=O) groups is 2. The predicted molar refractivity (Wildman–Crippen MR) is 117 cm³/mol. The van der Waals surface area contributed by atoms with Gasteiger partial charge < -0.3 is 25.1 Å². The summed E-state index contributed by atoms with van der Waals surface area (Å²) in [5, 5.41) is 8.65. The van der Waals surface area contributed by atoms with Crippen molar-refractivity contribution in [3.8, 4) is 5.75 Å². The molecule has 2 amide bonds. The molecular weight excluding hydrogens is 382 g/mol. The number of carbonyl (C=O) groups excluding carboxylic acids is 2. The highest BCUT2D eigenvalue weighted by atomic mass is 16.5. The van der Waals surface area contributed by atoms with E-state index in [0.29, 0.717) is 23.7 Å². The van der Waals surface area contributed by atoms with Crippen LogP contribution in [0.25, 0.3) is 0 Å². The molecule has 3 N–H and O–H groups in total. The van der Waals surface area contributed by atoms with Gasteiger partial charge in [-0.2, -0.15) is 0 Å². The van der Waals surface area contributed by atoms with Gasteiger partial charge in [-0.05, 0) is 48.9 Å². The summed E-state index contributed by atoms with van der Waals surface area (Å²) in [5.74, 6) is 0.435. The summed E-state index contributed by atoms with van der Waals surface area (Å²) in [7, 11) is 0. The van der Waals surface area contributed by atoms with Crippen LogP contribution < -0.4 is 20.7 Å². The van der Waals surface area contributed by atoms with Crippen molar-refractivity contribution in [1.29, 1.82) is 0 Å². The Hall–Kier alpha value is -3.74. The van der Waals surface area contributed by atoms with Crippen LogP contribution in [0, 0.1) is 0 Å². The monoisotopic (exact) mass is 407 g/mol. The first kappa shape index (κ1) is 21.0. The molecule has 0 aliphatic heterocycles. The van der Waals surface area contributed by atoms with Crippen LogP contribution in [0.2, 0.25) is 0 Å². The molecule has 0 aliphatic carbocycles. The van der Waals surface area contributed by atoms with Crippen molar-refractivity contribution in [1.82, 2.24) is 0 Å². The van der Waals surface area contributed by atoms with Crippen LogP contribution in [0.1, 0.15) is 30.3 Å². The molecule has 0 unspecified atom stereocenters. The highest BCUT2D eigenvalue weighted by molar-refractivity contribution is 6.02. The molecule has 0 spiro atoms. The zero-order valence-corrected chi connectivity index (χ0v) is 16.8. The fourth-order valence-electron chi connectivity index (χ4n) is 2.69. The first-order chi connectivity index (χ1) is 14.6. The van der Waals surface area contributed by atoms with Crippen LogP contribution in [0.15, 0.2) is 71.3 Å². The smallest absolute Gasteiger partial charge is 0.291 e. The molecule has 0 radical (unpaired) electrons. The summed E-state index contributed by atoms with van der Waals surface area (Å²) in [6.45, 7) is 2.84. The van der Waals surface area contributed by atoms with E-state index < -0.39 is 0 Å². The Bertz CT molecular complexity index is 970. The van der Waals surface area contributed by atoms with Crippen LogP contribution in [0.3, 0.4) is 0 Å². The van der Waals surface area contributed by atoms with Crippen molar-refractivity contribution in [2.45, 2.75) is 19.8 Å². The molecule has 3 aromatic rings. The lowest BCUT2D eigenvalue weighted by molar-refractivity contribution is -0.114. The lowest BCUT2D eigenvalue weighted by atomic mass is 10.2. The molecule has 0 atom stereocenters. The number of rotatable bonds is 10. The summed E-state index contributed by atoms with van der Waals surface area (Å²) >= 11 is 0. The average Bonchev–Trinajstić information content (AvgIpc) is 3.28. The molecule has 0 bridgehead atoms. The molecule has 0 saturated carbocycles. The zero-order chi connectivity index (χ0) is 21.2. The van der Waals surface area contributed by atoms with Gasteiger partial charge in [-0.3, -0.25) is 9.59 Å². The lowest BCUT2D eigenvalue weighted by Gasteiger charge is -2.11. The minimum absolute atomic E-state index is 0.0799. The number of anilines is 3. The fraction of sp³-hybridized carbons (Fsp3) is 0.217. The van der Waals surface area contributed by atoms with Crippen molar-refractivity contribution in [3.63, 3.8) is 0 Å². The lowest BCUT2D eigenvalue weighted by Crippen LogP contribution is -2.21. The van der Waals surface area contributed by atoms with Gasteiger partial charge in [0.1, 0.15) is 5.75 Å². The number of benzene rings is 2. The van der Waals surface area contributed by atoms with E-state index in [9.17, 15) is 9.59 Å². The molecule has 0 aliphatic rings. The van der Waals surface area contributed by atoms with E-state index in [0.717, 1.165) is 18.6 Å². The minimum Gasteiger partial charge on any atom is -0.494 e. The molecule has 156 valence electrons. The maximum atomic E-state index is 12.3. The molecule has 7 nitrogen and oxygen atoms in total. The number of furan rings is 1. The van der Waals surface area contributed by atoms with Gasteiger partial charge in [0.05, 0.1) is 19.4 Å². The number of amides is 2. The first-order valence-electron chi connectivity index (χ1n) is 9.85. The van der Waals surface area contributed by atoms with Gasteiger partial charge in [-0.25, -0.2) is 0 Å². The largest absolute Gasteiger partial charge is 0.494 e. The van der Waals surface area contributed by atoms with Crippen LogP contribution in [-0.2, 0) is 4.79 Å². The standard InChI is InChI=1S/C23H25N3O4/c1-2-3-12-29-20-10-5-9-19(15-20)25-22(27)16-24-17-7-4-8-18(14-17)26-23(28)21-11-6-13-30-21/h4-11,13-15,24H,2-3,12,16H2,1H3,(H,25,27)(H,26,28). The molecule has 30 heavy (non-hydrogen) atoms. The van der Waals surface area contributed by atoms with Crippen LogP contribution >= 0.6 is 0 Å². The Kier molecular flexibility index (Phi) is 7.49. The molecule has 2 aromatic carbocycles.